The maximum absolute atomic E-state index is 2.45. The van der Waals surface area contributed by atoms with Crippen LogP contribution < -0.4 is 0 Å². The maximum Gasteiger partial charge on any atom is -0.0386 e. The molecule has 0 radical (unpaired) electrons. The summed E-state index contributed by atoms with van der Waals surface area (Å²) < 4.78 is 0. The van der Waals surface area contributed by atoms with Gasteiger partial charge in [-0.1, -0.05) is 87.0 Å². The summed E-state index contributed by atoms with van der Waals surface area (Å²) in [6.07, 6.45) is 8.60. The Morgan fingerprint density at radius 2 is 1.31 bits per heavy atom. The molecule has 0 aromatic carbocycles. The Kier molecular flexibility index (Phi) is 15.0. The average molecular weight is 228 g/mol. The van der Waals surface area contributed by atoms with Gasteiger partial charge >= 0.3 is 0 Å². The highest BCUT2D eigenvalue weighted by Gasteiger charge is 2.24. The molecule has 2 atom stereocenters. The molecular weight excluding hydrogens is 192 g/mol. The van der Waals surface area contributed by atoms with E-state index in [1.54, 1.807) is 0 Å². The number of hydrogen-bond donors (Lipinski definition) is 0. The predicted octanol–water partition coefficient (Wildman–Crippen LogP) is 6.30. The van der Waals surface area contributed by atoms with Crippen molar-refractivity contribution < 1.29 is 0 Å². The lowest BCUT2D eigenvalue weighted by Crippen LogP contribution is -2.15. The molecule has 0 aromatic heterocycles. The van der Waals surface area contributed by atoms with E-state index in [0.29, 0.717) is 0 Å². The fraction of sp³-hybridized carbons (Fsp3) is 1.00. The van der Waals surface area contributed by atoms with Crippen LogP contribution in [0.1, 0.15) is 87.0 Å². The van der Waals surface area contributed by atoms with Gasteiger partial charge in [0, 0.05) is 0 Å². The second-order valence-corrected chi connectivity index (χ2v) is 5.00. The Bertz CT molecular complexity index is 111. The van der Waals surface area contributed by atoms with Crippen LogP contribution in [-0.2, 0) is 0 Å². The summed E-state index contributed by atoms with van der Waals surface area (Å²) in [6, 6.07) is 0. The zero-order valence-electron chi connectivity index (χ0n) is 13.0. The molecule has 0 heterocycles. The van der Waals surface area contributed by atoms with Gasteiger partial charge in [-0.3, -0.25) is 0 Å². The topological polar surface area (TPSA) is 0 Å². The number of rotatable bonds is 3. The molecular formula is C16H36. The van der Waals surface area contributed by atoms with Crippen LogP contribution >= 0.6 is 0 Å². The van der Waals surface area contributed by atoms with Gasteiger partial charge in [-0.2, -0.15) is 0 Å². The Labute approximate surface area is 105 Å². The molecule has 0 aliphatic heterocycles. The summed E-state index contributed by atoms with van der Waals surface area (Å²) in [5.41, 5.74) is 0. The molecule has 0 saturated heterocycles. The molecule has 0 amide bonds. The molecule has 0 spiro atoms. The summed E-state index contributed by atoms with van der Waals surface area (Å²) >= 11 is 0. The van der Waals surface area contributed by atoms with Gasteiger partial charge < -0.3 is 0 Å². The van der Waals surface area contributed by atoms with Crippen LogP contribution in [0.5, 0.6) is 0 Å². The molecule has 1 saturated carbocycles. The molecule has 0 bridgehead atoms. The van der Waals surface area contributed by atoms with E-state index < -0.39 is 0 Å². The van der Waals surface area contributed by atoms with Crippen LogP contribution in [0.3, 0.4) is 0 Å². The normalized spacial score (nSPS) is 18.9. The fourth-order valence-electron chi connectivity index (χ4n) is 2.32. The van der Waals surface area contributed by atoms with Crippen LogP contribution in [0.2, 0.25) is 0 Å². The van der Waals surface area contributed by atoms with Gasteiger partial charge in [0.2, 0.25) is 0 Å². The zero-order valence-corrected chi connectivity index (χ0v) is 13.0. The molecule has 16 heavy (non-hydrogen) atoms. The zero-order chi connectivity index (χ0) is 13.0. The van der Waals surface area contributed by atoms with E-state index in [1.807, 2.05) is 13.8 Å². The summed E-state index contributed by atoms with van der Waals surface area (Å²) in [6.45, 7) is 15.4. The van der Waals surface area contributed by atoms with Gasteiger partial charge in [0.25, 0.3) is 0 Å². The highest BCUT2D eigenvalue weighted by atomic mass is 14.3. The van der Waals surface area contributed by atoms with Gasteiger partial charge in [-0.15, -0.1) is 0 Å². The second-order valence-electron chi connectivity index (χ2n) is 5.00. The first-order valence-corrected chi connectivity index (χ1v) is 7.67. The third-order valence-corrected chi connectivity index (χ3v) is 3.68. The Balaban J connectivity index is 0. The lowest BCUT2D eigenvalue weighted by Gasteiger charge is -2.24. The molecule has 0 N–H and O–H groups in total. The Morgan fingerprint density at radius 3 is 1.62 bits per heavy atom. The quantitative estimate of drug-likeness (QED) is 0.531. The maximum atomic E-state index is 2.45. The second kappa shape index (κ2) is 13.1. The molecule has 100 valence electrons. The molecule has 1 rings (SSSR count). The minimum atomic E-state index is 0.943. The molecule has 0 aromatic rings. The molecule has 0 nitrogen and oxygen atoms in total. The van der Waals surface area contributed by atoms with Crippen molar-refractivity contribution in [2.45, 2.75) is 87.0 Å². The fourth-order valence-corrected chi connectivity index (χ4v) is 2.32. The van der Waals surface area contributed by atoms with Crippen molar-refractivity contribution in [1.82, 2.24) is 0 Å². The van der Waals surface area contributed by atoms with E-state index in [-0.39, 0.29) is 0 Å². The van der Waals surface area contributed by atoms with E-state index in [9.17, 15) is 0 Å². The van der Waals surface area contributed by atoms with Gasteiger partial charge in [-0.05, 0) is 17.8 Å². The predicted molar refractivity (Wildman–Crippen MR) is 77.9 cm³/mol. The highest BCUT2D eigenvalue weighted by molar-refractivity contribution is 4.75. The first-order valence-electron chi connectivity index (χ1n) is 7.67. The van der Waals surface area contributed by atoms with Crippen molar-refractivity contribution in [3.8, 4) is 0 Å². The summed E-state index contributed by atoms with van der Waals surface area (Å²) in [7, 11) is 0. The third kappa shape index (κ3) is 8.19. The first-order chi connectivity index (χ1) is 7.67. The largest absolute Gasteiger partial charge is 0.0683 e. The van der Waals surface area contributed by atoms with E-state index in [0.717, 1.165) is 17.8 Å². The minimum absolute atomic E-state index is 0.943. The molecule has 1 aliphatic rings. The van der Waals surface area contributed by atoms with Crippen molar-refractivity contribution in [3.05, 3.63) is 0 Å². The first kappa shape index (κ1) is 18.4. The monoisotopic (exact) mass is 228 g/mol. The van der Waals surface area contributed by atoms with Crippen LogP contribution in [0.4, 0.5) is 0 Å². The van der Waals surface area contributed by atoms with Gasteiger partial charge in [0.15, 0.2) is 0 Å². The van der Waals surface area contributed by atoms with Gasteiger partial charge in [0.05, 0.1) is 0 Å². The Morgan fingerprint density at radius 1 is 0.938 bits per heavy atom. The SMILES string of the molecule is CC.CCC.CCC(C)C(C)C1CCCC1. The third-order valence-electron chi connectivity index (χ3n) is 3.68. The molecule has 0 heteroatoms. The lowest BCUT2D eigenvalue weighted by molar-refractivity contribution is 0.260. The van der Waals surface area contributed by atoms with E-state index in [4.69, 9.17) is 0 Å². The van der Waals surface area contributed by atoms with E-state index >= 15 is 0 Å². The van der Waals surface area contributed by atoms with E-state index in [2.05, 4.69) is 34.6 Å². The summed E-state index contributed by atoms with van der Waals surface area (Å²) in [5, 5.41) is 0. The Hall–Kier alpha value is 0. The van der Waals surface area contributed by atoms with Crippen molar-refractivity contribution in [2.75, 3.05) is 0 Å². The smallest absolute Gasteiger partial charge is 0.0386 e. The van der Waals surface area contributed by atoms with Crippen LogP contribution in [0.15, 0.2) is 0 Å². The van der Waals surface area contributed by atoms with Crippen molar-refractivity contribution in [2.24, 2.45) is 17.8 Å². The van der Waals surface area contributed by atoms with Crippen molar-refractivity contribution in [1.29, 1.82) is 0 Å². The lowest BCUT2D eigenvalue weighted by atomic mass is 9.82. The highest BCUT2D eigenvalue weighted by Crippen LogP contribution is 2.35. The van der Waals surface area contributed by atoms with Crippen molar-refractivity contribution >= 4 is 0 Å². The van der Waals surface area contributed by atoms with Gasteiger partial charge in [-0.25, -0.2) is 0 Å². The van der Waals surface area contributed by atoms with Crippen LogP contribution in [-0.4, -0.2) is 0 Å². The van der Waals surface area contributed by atoms with Crippen LogP contribution in [0.25, 0.3) is 0 Å². The molecule has 1 aliphatic carbocycles. The standard InChI is InChI=1S/C11H22.C3H8.C2H6/c1-4-9(2)10(3)11-7-5-6-8-11;1-3-2;1-2/h9-11H,4-8H2,1-3H3;3H2,1-2H3;1-2H3. The minimum Gasteiger partial charge on any atom is -0.0683 e. The van der Waals surface area contributed by atoms with Crippen LogP contribution in [0, 0.1) is 17.8 Å². The molecule has 1 fully saturated rings. The summed E-state index contributed by atoms with van der Waals surface area (Å²) in [4.78, 5) is 0. The molecule has 2 unspecified atom stereocenters. The van der Waals surface area contributed by atoms with Crippen molar-refractivity contribution in [3.63, 3.8) is 0 Å². The average Bonchev–Trinajstić information content (AvgIpc) is 2.84. The summed E-state index contributed by atoms with van der Waals surface area (Å²) in [5.74, 6) is 2.98. The number of hydrogen-bond acceptors (Lipinski definition) is 0. The van der Waals surface area contributed by atoms with E-state index in [1.165, 1.54) is 38.5 Å². The van der Waals surface area contributed by atoms with Gasteiger partial charge in [0.1, 0.15) is 0 Å².